The molecule has 0 fully saturated rings. The van der Waals surface area contributed by atoms with Gasteiger partial charge < -0.3 is 0 Å². The summed E-state index contributed by atoms with van der Waals surface area (Å²) in [7, 11) is 0. The summed E-state index contributed by atoms with van der Waals surface area (Å²) < 4.78 is 0. The number of hydrogen-bond donors (Lipinski definition) is 1. The molecule has 12 heavy (non-hydrogen) atoms. The highest BCUT2D eigenvalue weighted by Crippen LogP contribution is 2.05. The van der Waals surface area contributed by atoms with Gasteiger partial charge in [0.05, 0.1) is 5.69 Å². The van der Waals surface area contributed by atoms with Gasteiger partial charge in [-0.1, -0.05) is 18.6 Å². The Labute approximate surface area is 71.4 Å². The third-order valence-corrected chi connectivity index (χ3v) is 1.74. The van der Waals surface area contributed by atoms with E-state index >= 15 is 0 Å². The Balaban J connectivity index is 2.70. The standard InChI is InChI=1S/C8H13N3O/c1-3-4-5-7-8(6(2)12)10-11-9-7/h3-5H2,1-2H3,(H,9,10,11). The van der Waals surface area contributed by atoms with Crippen LogP contribution >= 0.6 is 0 Å². The lowest BCUT2D eigenvalue weighted by molar-refractivity contribution is 0.101. The van der Waals surface area contributed by atoms with Crippen molar-refractivity contribution >= 4 is 5.78 Å². The second kappa shape index (κ2) is 3.99. The molecular formula is C8H13N3O. The first-order valence-electron chi connectivity index (χ1n) is 4.16. The molecule has 0 spiro atoms. The summed E-state index contributed by atoms with van der Waals surface area (Å²) >= 11 is 0. The van der Waals surface area contributed by atoms with Gasteiger partial charge in [0.2, 0.25) is 0 Å². The molecule has 1 N–H and O–H groups in total. The van der Waals surface area contributed by atoms with Gasteiger partial charge in [-0.25, -0.2) is 0 Å². The molecule has 0 saturated heterocycles. The van der Waals surface area contributed by atoms with Gasteiger partial charge >= 0.3 is 0 Å². The lowest BCUT2D eigenvalue weighted by Gasteiger charge is -1.94. The largest absolute Gasteiger partial charge is 0.293 e. The second-order valence-corrected chi connectivity index (χ2v) is 2.79. The van der Waals surface area contributed by atoms with Crippen molar-refractivity contribution in [2.45, 2.75) is 33.1 Å². The Morgan fingerprint density at radius 3 is 2.92 bits per heavy atom. The first kappa shape index (κ1) is 8.90. The van der Waals surface area contributed by atoms with Crippen molar-refractivity contribution in [3.8, 4) is 0 Å². The number of unbranched alkanes of at least 4 members (excludes halogenated alkanes) is 1. The van der Waals surface area contributed by atoms with Gasteiger partial charge in [0.1, 0.15) is 5.69 Å². The van der Waals surface area contributed by atoms with E-state index in [4.69, 9.17) is 0 Å². The van der Waals surface area contributed by atoms with Crippen LogP contribution in [0.25, 0.3) is 0 Å². The van der Waals surface area contributed by atoms with Crippen LogP contribution in [0.4, 0.5) is 0 Å². The molecule has 0 aromatic carbocycles. The van der Waals surface area contributed by atoms with E-state index in [1.165, 1.54) is 6.92 Å². The first-order chi connectivity index (χ1) is 5.75. The first-order valence-corrected chi connectivity index (χ1v) is 4.16. The quantitative estimate of drug-likeness (QED) is 0.688. The highest BCUT2D eigenvalue weighted by molar-refractivity contribution is 5.92. The average molecular weight is 167 g/mol. The number of H-pyrrole nitrogens is 1. The Kier molecular flexibility index (Phi) is 2.96. The van der Waals surface area contributed by atoms with Crippen LogP contribution in [-0.2, 0) is 6.42 Å². The maximum atomic E-state index is 11.0. The summed E-state index contributed by atoms with van der Waals surface area (Å²) in [6, 6.07) is 0. The van der Waals surface area contributed by atoms with Gasteiger partial charge in [-0.2, -0.15) is 0 Å². The molecule has 0 aliphatic rings. The zero-order valence-corrected chi connectivity index (χ0v) is 7.42. The molecule has 0 atom stereocenters. The van der Waals surface area contributed by atoms with Crippen LogP contribution in [-0.4, -0.2) is 21.2 Å². The lowest BCUT2D eigenvalue weighted by Crippen LogP contribution is -1.98. The fourth-order valence-electron chi connectivity index (χ4n) is 1.05. The third kappa shape index (κ3) is 1.90. The molecule has 0 bridgehead atoms. The predicted octanol–water partition coefficient (Wildman–Crippen LogP) is 1.35. The number of ketones is 1. The number of carbonyl (C=O) groups is 1. The van der Waals surface area contributed by atoms with Gasteiger partial charge in [0.15, 0.2) is 5.78 Å². The van der Waals surface area contributed by atoms with Crippen LogP contribution in [0.2, 0.25) is 0 Å². The molecule has 0 radical (unpaired) electrons. The summed E-state index contributed by atoms with van der Waals surface area (Å²) in [5.41, 5.74) is 1.35. The van der Waals surface area contributed by atoms with Gasteiger partial charge in [-0.05, 0) is 12.8 Å². The minimum Gasteiger partial charge on any atom is -0.293 e. The normalized spacial score (nSPS) is 10.2. The van der Waals surface area contributed by atoms with Crippen molar-refractivity contribution in [1.82, 2.24) is 15.4 Å². The lowest BCUT2D eigenvalue weighted by atomic mass is 10.1. The van der Waals surface area contributed by atoms with E-state index in [-0.39, 0.29) is 5.78 Å². The number of nitrogens with zero attached hydrogens (tertiary/aromatic N) is 2. The van der Waals surface area contributed by atoms with Crippen molar-refractivity contribution in [1.29, 1.82) is 0 Å². The van der Waals surface area contributed by atoms with Crippen molar-refractivity contribution in [3.63, 3.8) is 0 Å². The Morgan fingerprint density at radius 2 is 2.33 bits per heavy atom. The van der Waals surface area contributed by atoms with E-state index in [2.05, 4.69) is 22.3 Å². The maximum Gasteiger partial charge on any atom is 0.179 e. The van der Waals surface area contributed by atoms with Crippen LogP contribution in [0.1, 0.15) is 42.9 Å². The molecule has 0 unspecified atom stereocenters. The topological polar surface area (TPSA) is 58.6 Å². The molecule has 1 rings (SSSR count). The van der Waals surface area contributed by atoms with Gasteiger partial charge in [0.25, 0.3) is 0 Å². The van der Waals surface area contributed by atoms with E-state index in [1.807, 2.05) is 0 Å². The zero-order valence-electron chi connectivity index (χ0n) is 7.42. The van der Waals surface area contributed by atoms with E-state index in [0.29, 0.717) is 5.69 Å². The van der Waals surface area contributed by atoms with Crippen molar-refractivity contribution in [2.75, 3.05) is 0 Å². The molecule has 0 amide bonds. The smallest absolute Gasteiger partial charge is 0.179 e. The van der Waals surface area contributed by atoms with E-state index in [0.717, 1.165) is 25.0 Å². The number of nitrogens with one attached hydrogen (secondary N) is 1. The van der Waals surface area contributed by atoms with Crippen LogP contribution < -0.4 is 0 Å². The summed E-state index contributed by atoms with van der Waals surface area (Å²) in [4.78, 5) is 11.0. The SMILES string of the molecule is CCCCc1nn[nH]c1C(C)=O. The van der Waals surface area contributed by atoms with Gasteiger partial charge in [-0.15, -0.1) is 5.10 Å². The molecule has 1 aromatic heterocycles. The predicted molar refractivity (Wildman–Crippen MR) is 45.0 cm³/mol. The molecule has 0 saturated carbocycles. The fourth-order valence-corrected chi connectivity index (χ4v) is 1.05. The maximum absolute atomic E-state index is 11.0. The summed E-state index contributed by atoms with van der Waals surface area (Å²) in [5, 5.41) is 10.1. The Bertz CT molecular complexity index is 267. The molecular weight excluding hydrogens is 154 g/mol. The second-order valence-electron chi connectivity index (χ2n) is 2.79. The van der Waals surface area contributed by atoms with Gasteiger partial charge in [0, 0.05) is 6.92 Å². The van der Waals surface area contributed by atoms with E-state index < -0.39 is 0 Å². The van der Waals surface area contributed by atoms with Crippen molar-refractivity contribution in [2.24, 2.45) is 0 Å². The van der Waals surface area contributed by atoms with Gasteiger partial charge in [-0.3, -0.25) is 9.89 Å². The average Bonchev–Trinajstić information content (AvgIpc) is 2.48. The van der Waals surface area contributed by atoms with Crippen LogP contribution in [0, 0.1) is 0 Å². The summed E-state index contributed by atoms with van der Waals surface area (Å²) in [6.45, 7) is 3.62. The highest BCUT2D eigenvalue weighted by atomic mass is 16.1. The number of aryl methyl sites for hydroxylation is 1. The molecule has 1 aromatic rings. The van der Waals surface area contributed by atoms with Crippen molar-refractivity contribution in [3.05, 3.63) is 11.4 Å². The van der Waals surface area contributed by atoms with Crippen LogP contribution in [0.3, 0.4) is 0 Å². The zero-order chi connectivity index (χ0) is 8.97. The monoisotopic (exact) mass is 167 g/mol. The number of rotatable bonds is 4. The Morgan fingerprint density at radius 1 is 1.58 bits per heavy atom. The molecule has 66 valence electrons. The molecule has 0 aliphatic carbocycles. The summed E-state index contributed by atoms with van der Waals surface area (Å²) in [6.07, 6.45) is 2.99. The third-order valence-electron chi connectivity index (χ3n) is 1.74. The highest BCUT2D eigenvalue weighted by Gasteiger charge is 2.09. The molecule has 4 heteroatoms. The number of Topliss-reactive ketones (excluding diaryl/α,β-unsaturated/α-hetero) is 1. The molecule has 4 nitrogen and oxygen atoms in total. The van der Waals surface area contributed by atoms with E-state index in [9.17, 15) is 4.79 Å². The number of hydrogen-bond acceptors (Lipinski definition) is 3. The van der Waals surface area contributed by atoms with Crippen LogP contribution in [0.5, 0.6) is 0 Å². The minimum atomic E-state index is 0.00565. The van der Waals surface area contributed by atoms with Crippen molar-refractivity contribution < 1.29 is 4.79 Å². The van der Waals surface area contributed by atoms with Crippen LogP contribution in [0.15, 0.2) is 0 Å². The molecule has 0 aliphatic heterocycles. The summed E-state index contributed by atoms with van der Waals surface area (Å²) in [5.74, 6) is 0.00565. The van der Waals surface area contributed by atoms with E-state index in [1.54, 1.807) is 0 Å². The fraction of sp³-hybridized carbons (Fsp3) is 0.625. The number of aromatic nitrogens is 3. The Hall–Kier alpha value is -1.19. The minimum absolute atomic E-state index is 0.00565. The number of carbonyl (C=O) groups excluding carboxylic acids is 1. The molecule has 1 heterocycles. The number of aromatic amines is 1.